The number of nitrogens with zero attached hydrogens (tertiary/aromatic N) is 3. The highest BCUT2D eigenvalue weighted by Gasteiger charge is 2.07. The minimum absolute atomic E-state index is 0.0234. The Hall–Kier alpha value is -2.77. The third-order valence-corrected chi connectivity index (χ3v) is 2.61. The molecule has 2 rings (SSSR count). The molecular formula is C12H11N4O4-. The van der Waals surface area contributed by atoms with Gasteiger partial charge in [-0.1, -0.05) is 17.3 Å². The number of fused-ring (bicyclic) bond motifs is 1. The van der Waals surface area contributed by atoms with Crippen LogP contribution in [0.4, 0.5) is 0 Å². The molecule has 0 bridgehead atoms. The quantitative estimate of drug-likeness (QED) is 0.677. The average Bonchev–Trinajstić information content (AvgIpc) is 2.44. The number of carboxylic acids is 1. The molecule has 0 radical (unpaired) electrons. The summed E-state index contributed by atoms with van der Waals surface area (Å²) in [7, 11) is 0. The number of benzene rings is 1. The Morgan fingerprint density at radius 2 is 2.05 bits per heavy atom. The van der Waals surface area contributed by atoms with Crippen LogP contribution in [0.15, 0.2) is 29.1 Å². The second kappa shape index (κ2) is 5.91. The number of amides is 1. The van der Waals surface area contributed by atoms with Crippen molar-refractivity contribution in [3.8, 4) is 0 Å². The minimum Gasteiger partial charge on any atom is -0.548 e. The fourth-order valence-electron chi connectivity index (χ4n) is 1.64. The SMILES string of the molecule is O=C([O-])CNC(=O)CCn1nnc2ccccc2c1=O. The van der Waals surface area contributed by atoms with Gasteiger partial charge in [0.05, 0.1) is 24.4 Å². The second-order valence-corrected chi connectivity index (χ2v) is 4.03. The number of carbonyl (C=O) groups excluding carboxylic acids is 2. The van der Waals surface area contributed by atoms with E-state index in [0.717, 1.165) is 4.68 Å². The Labute approximate surface area is 113 Å². The molecule has 0 spiro atoms. The molecular weight excluding hydrogens is 264 g/mol. The summed E-state index contributed by atoms with van der Waals surface area (Å²) in [6.07, 6.45) is -0.0692. The average molecular weight is 275 g/mol. The summed E-state index contributed by atoms with van der Waals surface area (Å²) < 4.78 is 1.07. The monoisotopic (exact) mass is 275 g/mol. The van der Waals surface area contributed by atoms with E-state index in [-0.39, 0.29) is 18.5 Å². The summed E-state index contributed by atoms with van der Waals surface area (Å²) in [5, 5.41) is 20.3. The van der Waals surface area contributed by atoms with Crippen LogP contribution >= 0.6 is 0 Å². The van der Waals surface area contributed by atoms with Gasteiger partial charge in [0.2, 0.25) is 5.91 Å². The van der Waals surface area contributed by atoms with Gasteiger partial charge in [-0.3, -0.25) is 9.59 Å². The lowest BCUT2D eigenvalue weighted by Gasteiger charge is -2.06. The number of carboxylic acid groups (broad SMARTS) is 1. The number of aryl methyl sites for hydroxylation is 1. The van der Waals surface area contributed by atoms with Gasteiger partial charge in [-0.2, -0.15) is 0 Å². The Balaban J connectivity index is 2.07. The van der Waals surface area contributed by atoms with Gasteiger partial charge in [0.1, 0.15) is 5.52 Å². The molecule has 0 aliphatic rings. The van der Waals surface area contributed by atoms with E-state index >= 15 is 0 Å². The fraction of sp³-hybridized carbons (Fsp3) is 0.250. The van der Waals surface area contributed by atoms with E-state index in [0.29, 0.717) is 10.9 Å². The lowest BCUT2D eigenvalue weighted by atomic mass is 10.2. The van der Waals surface area contributed by atoms with E-state index in [9.17, 15) is 19.5 Å². The zero-order valence-corrected chi connectivity index (χ0v) is 10.4. The first kappa shape index (κ1) is 13.7. The first-order chi connectivity index (χ1) is 9.58. The normalized spacial score (nSPS) is 10.4. The molecule has 2 aromatic rings. The summed E-state index contributed by atoms with van der Waals surface area (Å²) in [6.45, 7) is -0.535. The summed E-state index contributed by atoms with van der Waals surface area (Å²) in [5.41, 5.74) is 0.137. The number of aliphatic carboxylic acids is 1. The van der Waals surface area contributed by atoms with Crippen molar-refractivity contribution in [2.45, 2.75) is 13.0 Å². The van der Waals surface area contributed by atoms with E-state index < -0.39 is 18.4 Å². The van der Waals surface area contributed by atoms with Crippen molar-refractivity contribution in [1.82, 2.24) is 20.3 Å². The summed E-state index contributed by atoms with van der Waals surface area (Å²) in [4.78, 5) is 33.5. The van der Waals surface area contributed by atoms with Gasteiger partial charge in [-0.25, -0.2) is 4.68 Å². The standard InChI is InChI=1S/C12H12N4O4/c17-10(13-7-11(18)19)5-6-16-12(20)8-3-1-2-4-9(8)14-15-16/h1-4H,5-7H2,(H,13,17)(H,18,19)/p-1. The molecule has 8 heteroatoms. The summed E-state index contributed by atoms with van der Waals surface area (Å²) in [6, 6.07) is 6.75. The van der Waals surface area contributed by atoms with Crippen LogP contribution in [-0.2, 0) is 16.1 Å². The van der Waals surface area contributed by atoms with E-state index in [1.807, 2.05) is 0 Å². The zero-order valence-electron chi connectivity index (χ0n) is 10.4. The lowest BCUT2D eigenvalue weighted by Crippen LogP contribution is -2.38. The van der Waals surface area contributed by atoms with Gasteiger partial charge >= 0.3 is 0 Å². The van der Waals surface area contributed by atoms with E-state index in [1.165, 1.54) is 0 Å². The van der Waals surface area contributed by atoms with Crippen molar-refractivity contribution in [3.05, 3.63) is 34.6 Å². The van der Waals surface area contributed by atoms with Crippen LogP contribution < -0.4 is 16.0 Å². The Kier molecular flexibility index (Phi) is 4.04. The Bertz CT molecular complexity index is 710. The molecule has 0 fully saturated rings. The number of carbonyl (C=O) groups is 2. The first-order valence-corrected chi connectivity index (χ1v) is 5.87. The molecule has 0 atom stereocenters. The Morgan fingerprint density at radius 3 is 2.80 bits per heavy atom. The molecule has 0 saturated heterocycles. The van der Waals surface area contributed by atoms with Gasteiger partial charge < -0.3 is 15.2 Å². The zero-order chi connectivity index (χ0) is 14.5. The highest BCUT2D eigenvalue weighted by Crippen LogP contribution is 2.03. The topological polar surface area (TPSA) is 117 Å². The third kappa shape index (κ3) is 3.16. The molecule has 20 heavy (non-hydrogen) atoms. The summed E-state index contributed by atoms with van der Waals surface area (Å²) in [5.74, 6) is -1.88. The van der Waals surface area contributed by atoms with Gasteiger partial charge in [-0.05, 0) is 12.1 Å². The lowest BCUT2D eigenvalue weighted by molar-refractivity contribution is -0.304. The van der Waals surface area contributed by atoms with Crippen molar-refractivity contribution < 1.29 is 14.7 Å². The van der Waals surface area contributed by atoms with Crippen LogP contribution in [-0.4, -0.2) is 33.4 Å². The molecule has 104 valence electrons. The van der Waals surface area contributed by atoms with Crippen LogP contribution in [0.1, 0.15) is 6.42 Å². The predicted molar refractivity (Wildman–Crippen MR) is 66.4 cm³/mol. The first-order valence-electron chi connectivity index (χ1n) is 5.87. The largest absolute Gasteiger partial charge is 0.548 e. The number of hydrogen-bond donors (Lipinski definition) is 1. The van der Waals surface area contributed by atoms with E-state index in [4.69, 9.17) is 0 Å². The number of nitrogens with one attached hydrogen (secondary N) is 1. The molecule has 1 heterocycles. The van der Waals surface area contributed by atoms with Crippen molar-refractivity contribution in [2.24, 2.45) is 0 Å². The molecule has 1 aromatic carbocycles. The van der Waals surface area contributed by atoms with E-state index in [2.05, 4.69) is 15.6 Å². The van der Waals surface area contributed by atoms with Gasteiger partial charge in [0.15, 0.2) is 0 Å². The molecule has 0 aliphatic heterocycles. The molecule has 0 aliphatic carbocycles. The van der Waals surface area contributed by atoms with Crippen LogP contribution in [0.3, 0.4) is 0 Å². The molecule has 0 unspecified atom stereocenters. The molecule has 8 nitrogen and oxygen atoms in total. The molecule has 1 amide bonds. The van der Waals surface area contributed by atoms with Crippen molar-refractivity contribution in [2.75, 3.05) is 6.54 Å². The predicted octanol–water partition coefficient (Wildman–Crippen LogP) is -1.95. The van der Waals surface area contributed by atoms with Crippen LogP contribution in [0.25, 0.3) is 10.9 Å². The summed E-state index contributed by atoms with van der Waals surface area (Å²) >= 11 is 0. The smallest absolute Gasteiger partial charge is 0.277 e. The number of aromatic nitrogens is 3. The van der Waals surface area contributed by atoms with Crippen LogP contribution in [0.2, 0.25) is 0 Å². The maximum atomic E-state index is 12.0. The minimum atomic E-state index is -1.37. The molecule has 1 N–H and O–H groups in total. The Morgan fingerprint density at radius 1 is 1.30 bits per heavy atom. The number of rotatable bonds is 5. The van der Waals surface area contributed by atoms with Crippen LogP contribution in [0.5, 0.6) is 0 Å². The third-order valence-electron chi connectivity index (χ3n) is 2.61. The van der Waals surface area contributed by atoms with Gasteiger partial charge in [0, 0.05) is 6.42 Å². The highest BCUT2D eigenvalue weighted by molar-refractivity contribution is 5.80. The van der Waals surface area contributed by atoms with Crippen molar-refractivity contribution in [3.63, 3.8) is 0 Å². The molecule has 0 saturated carbocycles. The van der Waals surface area contributed by atoms with Crippen molar-refractivity contribution in [1.29, 1.82) is 0 Å². The molecule has 1 aromatic heterocycles. The van der Waals surface area contributed by atoms with Crippen LogP contribution in [0, 0.1) is 0 Å². The number of hydrogen-bond acceptors (Lipinski definition) is 6. The highest BCUT2D eigenvalue weighted by atomic mass is 16.4. The van der Waals surface area contributed by atoms with E-state index in [1.54, 1.807) is 24.3 Å². The van der Waals surface area contributed by atoms with Gasteiger partial charge in [-0.15, -0.1) is 5.10 Å². The van der Waals surface area contributed by atoms with Crippen molar-refractivity contribution >= 4 is 22.8 Å². The van der Waals surface area contributed by atoms with Gasteiger partial charge in [0.25, 0.3) is 5.56 Å². The fourth-order valence-corrected chi connectivity index (χ4v) is 1.64. The maximum Gasteiger partial charge on any atom is 0.277 e. The second-order valence-electron chi connectivity index (χ2n) is 4.03. The maximum absolute atomic E-state index is 12.0.